The van der Waals surface area contributed by atoms with E-state index in [9.17, 15) is 9.59 Å². The smallest absolute Gasteiger partial charge is 0.337 e. The summed E-state index contributed by atoms with van der Waals surface area (Å²) in [4.78, 5) is 23.6. The summed E-state index contributed by atoms with van der Waals surface area (Å²) in [7, 11) is 2.93. The maximum Gasteiger partial charge on any atom is 0.337 e. The van der Waals surface area contributed by atoms with E-state index in [1.54, 1.807) is 37.5 Å². The molecule has 2 aromatic carbocycles. The molecule has 0 atom stereocenters. The van der Waals surface area contributed by atoms with Crippen molar-refractivity contribution in [1.82, 2.24) is 0 Å². The van der Waals surface area contributed by atoms with Gasteiger partial charge in [0.15, 0.2) is 11.5 Å². The Balaban J connectivity index is 1.61. The van der Waals surface area contributed by atoms with Crippen molar-refractivity contribution in [2.75, 3.05) is 26.1 Å². The number of carbonyl (C=O) groups is 2. The predicted octanol–water partition coefficient (Wildman–Crippen LogP) is 3.92. The summed E-state index contributed by atoms with van der Waals surface area (Å²) in [5.74, 6) is 1.29. The topological polar surface area (TPSA) is 73.9 Å². The summed E-state index contributed by atoms with van der Waals surface area (Å²) < 4.78 is 15.8. The van der Waals surface area contributed by atoms with Crippen LogP contribution in [0.3, 0.4) is 0 Å². The second kappa shape index (κ2) is 9.08. The van der Waals surface area contributed by atoms with Crippen molar-refractivity contribution in [2.24, 2.45) is 5.92 Å². The molecule has 0 heterocycles. The average molecular weight is 381 g/mol. The second-order valence-corrected chi connectivity index (χ2v) is 6.56. The van der Waals surface area contributed by atoms with Crippen LogP contribution in [0.5, 0.6) is 11.5 Å². The number of hydrogen-bond donors (Lipinski definition) is 1. The van der Waals surface area contributed by atoms with E-state index in [1.165, 1.54) is 26.0 Å². The summed E-state index contributed by atoms with van der Waals surface area (Å²) in [5.41, 5.74) is 1.85. The normalized spacial score (nSPS) is 13.2. The third-order valence-electron chi connectivity index (χ3n) is 4.36. The van der Waals surface area contributed by atoms with Crippen LogP contribution in [0, 0.1) is 5.92 Å². The number of esters is 1. The summed E-state index contributed by atoms with van der Waals surface area (Å²) in [5, 5.41) is 2.75. The van der Waals surface area contributed by atoms with Crippen molar-refractivity contribution in [2.45, 2.75) is 12.8 Å². The van der Waals surface area contributed by atoms with Crippen LogP contribution in [0.4, 0.5) is 5.69 Å². The summed E-state index contributed by atoms with van der Waals surface area (Å²) in [6.45, 7) is 0.686. The highest BCUT2D eigenvalue weighted by Crippen LogP contribution is 2.33. The molecule has 1 N–H and O–H groups in total. The Morgan fingerprint density at radius 2 is 1.82 bits per heavy atom. The molecule has 1 fully saturated rings. The molecule has 6 nitrogen and oxygen atoms in total. The SMILES string of the molecule is COC(=O)c1ccc(NC(=O)/C=C/c2ccc(OC)c(OCC3CC3)c2)cc1. The molecule has 6 heteroatoms. The average Bonchev–Trinajstić information content (AvgIpc) is 3.55. The zero-order valence-electron chi connectivity index (χ0n) is 15.9. The van der Waals surface area contributed by atoms with Crippen LogP contribution in [-0.2, 0) is 9.53 Å². The van der Waals surface area contributed by atoms with E-state index >= 15 is 0 Å². The van der Waals surface area contributed by atoms with Crippen molar-refractivity contribution in [1.29, 1.82) is 0 Å². The van der Waals surface area contributed by atoms with Gasteiger partial charge in [0.05, 0.1) is 26.4 Å². The molecule has 2 aromatic rings. The molecule has 1 aliphatic rings. The predicted molar refractivity (Wildman–Crippen MR) is 107 cm³/mol. The number of nitrogens with one attached hydrogen (secondary N) is 1. The minimum atomic E-state index is -0.419. The first-order valence-electron chi connectivity index (χ1n) is 9.07. The van der Waals surface area contributed by atoms with Gasteiger partial charge in [-0.05, 0) is 66.8 Å². The summed E-state index contributed by atoms with van der Waals surface area (Å²) in [6, 6.07) is 12.0. The molecule has 0 bridgehead atoms. The highest BCUT2D eigenvalue weighted by Gasteiger charge is 2.22. The van der Waals surface area contributed by atoms with Gasteiger partial charge in [-0.3, -0.25) is 4.79 Å². The Labute approximate surface area is 164 Å². The lowest BCUT2D eigenvalue weighted by Gasteiger charge is -2.11. The molecule has 146 valence electrons. The molecule has 1 amide bonds. The zero-order chi connectivity index (χ0) is 19.9. The second-order valence-electron chi connectivity index (χ2n) is 6.56. The Morgan fingerprint density at radius 3 is 2.46 bits per heavy atom. The van der Waals surface area contributed by atoms with E-state index in [2.05, 4.69) is 10.1 Å². The van der Waals surface area contributed by atoms with Gasteiger partial charge in [-0.2, -0.15) is 0 Å². The first-order valence-corrected chi connectivity index (χ1v) is 9.07. The number of amides is 1. The van der Waals surface area contributed by atoms with Crippen molar-refractivity contribution in [3.05, 3.63) is 59.7 Å². The molecule has 1 aliphatic carbocycles. The lowest BCUT2D eigenvalue weighted by molar-refractivity contribution is -0.111. The van der Waals surface area contributed by atoms with Crippen LogP contribution in [-0.4, -0.2) is 32.7 Å². The van der Waals surface area contributed by atoms with Gasteiger partial charge in [0.1, 0.15) is 0 Å². The number of carbonyl (C=O) groups excluding carboxylic acids is 2. The standard InChI is InChI=1S/C22H23NO5/c1-26-19-11-5-15(13-20(19)28-14-16-3-4-16)6-12-21(24)23-18-9-7-17(8-10-18)22(25)27-2/h5-13,16H,3-4,14H2,1-2H3,(H,23,24)/b12-6+. The van der Waals surface area contributed by atoms with E-state index in [4.69, 9.17) is 9.47 Å². The van der Waals surface area contributed by atoms with Crippen LogP contribution >= 0.6 is 0 Å². The minimum Gasteiger partial charge on any atom is -0.493 e. The summed E-state index contributed by atoms with van der Waals surface area (Å²) in [6.07, 6.45) is 5.58. The van der Waals surface area contributed by atoms with Crippen LogP contribution in [0.15, 0.2) is 48.5 Å². The van der Waals surface area contributed by atoms with E-state index < -0.39 is 5.97 Å². The van der Waals surface area contributed by atoms with Gasteiger partial charge in [-0.15, -0.1) is 0 Å². The molecule has 0 aromatic heterocycles. The van der Waals surface area contributed by atoms with Crippen LogP contribution in [0.25, 0.3) is 6.08 Å². The van der Waals surface area contributed by atoms with Crippen molar-refractivity contribution >= 4 is 23.6 Å². The number of benzene rings is 2. The van der Waals surface area contributed by atoms with E-state index in [0.29, 0.717) is 35.3 Å². The monoisotopic (exact) mass is 381 g/mol. The highest BCUT2D eigenvalue weighted by atomic mass is 16.5. The van der Waals surface area contributed by atoms with Crippen LogP contribution in [0.1, 0.15) is 28.8 Å². The van der Waals surface area contributed by atoms with Gasteiger partial charge in [0.25, 0.3) is 0 Å². The third-order valence-corrected chi connectivity index (χ3v) is 4.36. The first-order chi connectivity index (χ1) is 13.6. The maximum atomic E-state index is 12.1. The highest BCUT2D eigenvalue weighted by molar-refractivity contribution is 6.02. The number of rotatable bonds is 8. The van der Waals surface area contributed by atoms with Gasteiger partial charge < -0.3 is 19.5 Å². The molecular weight excluding hydrogens is 358 g/mol. The zero-order valence-corrected chi connectivity index (χ0v) is 15.9. The van der Waals surface area contributed by atoms with Crippen molar-refractivity contribution in [3.8, 4) is 11.5 Å². The van der Waals surface area contributed by atoms with E-state index in [-0.39, 0.29) is 5.91 Å². The Hall–Kier alpha value is -3.28. The van der Waals surface area contributed by atoms with Crippen LogP contribution in [0.2, 0.25) is 0 Å². The quantitative estimate of drug-likeness (QED) is 0.554. The molecule has 3 rings (SSSR count). The lowest BCUT2D eigenvalue weighted by Crippen LogP contribution is -2.08. The largest absolute Gasteiger partial charge is 0.493 e. The van der Waals surface area contributed by atoms with Gasteiger partial charge in [0.2, 0.25) is 5.91 Å². The molecule has 0 radical (unpaired) electrons. The molecule has 0 aliphatic heterocycles. The van der Waals surface area contributed by atoms with Crippen LogP contribution < -0.4 is 14.8 Å². The van der Waals surface area contributed by atoms with Crippen molar-refractivity contribution < 1.29 is 23.8 Å². The summed E-state index contributed by atoms with van der Waals surface area (Å²) >= 11 is 0. The van der Waals surface area contributed by atoms with E-state index in [0.717, 1.165) is 5.56 Å². The lowest BCUT2D eigenvalue weighted by atomic mass is 10.2. The Bertz CT molecular complexity index is 869. The fourth-order valence-corrected chi connectivity index (χ4v) is 2.57. The van der Waals surface area contributed by atoms with Gasteiger partial charge >= 0.3 is 5.97 Å². The first kappa shape index (κ1) is 19.5. The van der Waals surface area contributed by atoms with Gasteiger partial charge in [-0.25, -0.2) is 4.79 Å². The van der Waals surface area contributed by atoms with Crippen molar-refractivity contribution in [3.63, 3.8) is 0 Å². The fourth-order valence-electron chi connectivity index (χ4n) is 2.57. The number of hydrogen-bond acceptors (Lipinski definition) is 5. The molecule has 28 heavy (non-hydrogen) atoms. The van der Waals surface area contributed by atoms with Gasteiger partial charge in [0, 0.05) is 11.8 Å². The molecule has 1 saturated carbocycles. The molecule has 0 saturated heterocycles. The number of ether oxygens (including phenoxy) is 3. The maximum absolute atomic E-state index is 12.1. The van der Waals surface area contributed by atoms with E-state index in [1.807, 2.05) is 18.2 Å². The fraction of sp³-hybridized carbons (Fsp3) is 0.273. The van der Waals surface area contributed by atoms with Gasteiger partial charge in [-0.1, -0.05) is 6.07 Å². The Kier molecular flexibility index (Phi) is 6.32. The Morgan fingerprint density at radius 1 is 1.07 bits per heavy atom. The minimum absolute atomic E-state index is 0.276. The number of methoxy groups -OCH3 is 2. The number of anilines is 1. The third kappa shape index (κ3) is 5.36. The molecular formula is C22H23NO5. The molecule has 0 spiro atoms. The molecule has 0 unspecified atom stereocenters.